The maximum atomic E-state index is 13.0. The zero-order valence-electron chi connectivity index (χ0n) is 15.0. The maximum absolute atomic E-state index is 13.0. The molecular formula is C18H16N5O3S-. The fourth-order valence-corrected chi connectivity index (χ4v) is 4.07. The molecule has 0 saturated carbocycles. The molecule has 3 heterocycles. The van der Waals surface area contributed by atoms with Crippen LogP contribution in [-0.4, -0.2) is 39.4 Å². The summed E-state index contributed by atoms with van der Waals surface area (Å²) in [5, 5.41) is 17.1. The van der Waals surface area contributed by atoms with Crippen molar-refractivity contribution in [1.82, 2.24) is 19.3 Å². The predicted molar refractivity (Wildman–Crippen MR) is 103 cm³/mol. The molecule has 0 aliphatic rings. The number of aryl methyl sites for hydroxylation is 1. The first-order chi connectivity index (χ1) is 13.0. The molecule has 0 fully saturated rings. The molecule has 0 aliphatic heterocycles. The summed E-state index contributed by atoms with van der Waals surface area (Å²) in [5.41, 5.74) is 1.79. The number of benzene rings is 1. The molecule has 9 heteroatoms. The molecule has 0 unspecified atom stereocenters. The minimum Gasteiger partial charge on any atom is -0.857 e. The smallest absolute Gasteiger partial charge is 0.291 e. The Hall–Kier alpha value is -3.20. The van der Waals surface area contributed by atoms with Crippen molar-refractivity contribution in [3.05, 3.63) is 51.4 Å². The standard InChI is InChI=1S/C18H17N5O3S/c1-19-16(24)17-21-15-14(27-17)12-8-20-23(18(25)13(12)22(15)2)9-10-5-4-6-11(7-10)26-3/h4-8H,9H2,1-3H3,(H,19,24)/p-1. The maximum Gasteiger partial charge on any atom is 0.291 e. The second-order valence-electron chi connectivity index (χ2n) is 5.98. The highest BCUT2D eigenvalue weighted by Crippen LogP contribution is 2.30. The molecule has 0 aliphatic carbocycles. The van der Waals surface area contributed by atoms with Crippen molar-refractivity contribution >= 4 is 38.5 Å². The van der Waals surface area contributed by atoms with E-state index in [1.54, 1.807) is 24.9 Å². The van der Waals surface area contributed by atoms with Crippen molar-refractivity contribution in [2.24, 2.45) is 12.0 Å². The summed E-state index contributed by atoms with van der Waals surface area (Å²) in [4.78, 5) is 21.0. The minimum atomic E-state index is -0.372. The lowest BCUT2D eigenvalue weighted by Gasteiger charge is -2.07. The van der Waals surface area contributed by atoms with Gasteiger partial charge in [0.2, 0.25) is 0 Å². The first-order valence-electron chi connectivity index (χ1n) is 8.15. The molecule has 0 atom stereocenters. The van der Waals surface area contributed by atoms with Crippen LogP contribution in [0.2, 0.25) is 0 Å². The summed E-state index contributed by atoms with van der Waals surface area (Å²) < 4.78 is 9.11. The third-order valence-electron chi connectivity index (χ3n) is 4.38. The molecule has 0 spiro atoms. The van der Waals surface area contributed by atoms with Gasteiger partial charge in [0, 0.05) is 25.4 Å². The van der Waals surface area contributed by atoms with E-state index in [1.807, 2.05) is 24.3 Å². The van der Waals surface area contributed by atoms with E-state index in [4.69, 9.17) is 4.74 Å². The lowest BCUT2D eigenvalue weighted by molar-refractivity contribution is -0.212. The Morgan fingerprint density at radius 1 is 1.41 bits per heavy atom. The van der Waals surface area contributed by atoms with Crippen molar-refractivity contribution in [1.29, 1.82) is 0 Å². The molecule has 4 aromatic rings. The van der Waals surface area contributed by atoms with Crippen molar-refractivity contribution in [3.63, 3.8) is 0 Å². The van der Waals surface area contributed by atoms with Crippen LogP contribution in [0, 0.1) is 0 Å². The number of thiazole rings is 1. The van der Waals surface area contributed by atoms with Crippen molar-refractivity contribution in [2.75, 3.05) is 14.2 Å². The Kier molecular flexibility index (Phi) is 4.15. The largest absolute Gasteiger partial charge is 0.857 e. The van der Waals surface area contributed by atoms with Crippen LogP contribution in [0.3, 0.4) is 0 Å². The van der Waals surface area contributed by atoms with Gasteiger partial charge in [-0.25, -0.2) is 9.67 Å². The monoisotopic (exact) mass is 382 g/mol. The Morgan fingerprint density at radius 3 is 2.96 bits per heavy atom. The number of fused-ring (bicyclic) bond motifs is 3. The van der Waals surface area contributed by atoms with E-state index in [2.05, 4.69) is 15.1 Å². The van der Waals surface area contributed by atoms with Crippen molar-refractivity contribution in [2.45, 2.75) is 6.54 Å². The van der Waals surface area contributed by atoms with Gasteiger partial charge < -0.3 is 19.4 Å². The zero-order valence-corrected chi connectivity index (χ0v) is 15.8. The first kappa shape index (κ1) is 17.2. The van der Waals surface area contributed by atoms with E-state index in [-0.39, 0.29) is 11.5 Å². The van der Waals surface area contributed by atoms with Crippen LogP contribution < -0.4 is 15.4 Å². The van der Waals surface area contributed by atoms with E-state index in [1.165, 1.54) is 23.1 Å². The molecule has 0 saturated heterocycles. The average molecular weight is 382 g/mol. The quantitative estimate of drug-likeness (QED) is 0.389. The Labute approximate surface area is 158 Å². The number of aromatic nitrogens is 4. The van der Waals surface area contributed by atoms with Crippen molar-refractivity contribution < 1.29 is 9.84 Å². The summed E-state index contributed by atoms with van der Waals surface area (Å²) >= 11 is 1.22. The molecule has 1 aromatic carbocycles. The van der Waals surface area contributed by atoms with Crippen molar-refractivity contribution in [3.8, 4) is 5.75 Å². The predicted octanol–water partition coefficient (Wildman–Crippen LogP) is 1.14. The molecule has 0 N–H and O–H groups in total. The third kappa shape index (κ3) is 2.76. The number of methoxy groups -OCH3 is 1. The van der Waals surface area contributed by atoms with Crippen LogP contribution in [0.5, 0.6) is 5.75 Å². The fraction of sp³-hybridized carbons (Fsp3) is 0.222. The van der Waals surface area contributed by atoms with Crippen LogP contribution in [0.4, 0.5) is 0 Å². The normalized spacial score (nSPS) is 12.2. The number of hydrogen-bond donors (Lipinski definition) is 0. The van der Waals surface area contributed by atoms with Gasteiger partial charge in [-0.1, -0.05) is 12.1 Å². The Balaban J connectivity index is 1.84. The second-order valence-corrected chi connectivity index (χ2v) is 6.98. The van der Waals surface area contributed by atoms with Crippen LogP contribution in [-0.2, 0) is 13.6 Å². The van der Waals surface area contributed by atoms with Gasteiger partial charge in [-0.2, -0.15) is 5.10 Å². The van der Waals surface area contributed by atoms with Gasteiger partial charge in [0.1, 0.15) is 16.3 Å². The number of ether oxygens (including phenoxy) is 1. The molecule has 4 rings (SSSR count). The van der Waals surface area contributed by atoms with Crippen LogP contribution in [0.15, 0.2) is 40.2 Å². The van der Waals surface area contributed by atoms with Gasteiger partial charge in [-0.05, 0) is 17.7 Å². The summed E-state index contributed by atoms with van der Waals surface area (Å²) in [6, 6.07) is 7.51. The van der Waals surface area contributed by atoms with Crippen LogP contribution in [0.1, 0.15) is 10.6 Å². The minimum absolute atomic E-state index is 0.212. The molecule has 0 bridgehead atoms. The average Bonchev–Trinajstić information content (AvgIpc) is 3.23. The van der Waals surface area contributed by atoms with Gasteiger partial charge in [0.25, 0.3) is 5.56 Å². The number of hydrogen-bond acceptors (Lipinski definition) is 7. The van der Waals surface area contributed by atoms with E-state index in [0.29, 0.717) is 28.1 Å². The zero-order chi connectivity index (χ0) is 19.1. The molecule has 3 aromatic heterocycles. The van der Waals surface area contributed by atoms with Crippen LogP contribution in [0.25, 0.3) is 21.3 Å². The molecular weight excluding hydrogens is 366 g/mol. The number of aliphatic imine (C=N–C) groups is 1. The molecule has 27 heavy (non-hydrogen) atoms. The Morgan fingerprint density at radius 2 is 2.22 bits per heavy atom. The number of nitrogens with zero attached hydrogens (tertiary/aromatic N) is 5. The third-order valence-corrected chi connectivity index (χ3v) is 5.44. The molecule has 138 valence electrons. The van der Waals surface area contributed by atoms with Gasteiger partial charge in [0.05, 0.1) is 24.6 Å². The SMILES string of the molecule is CN=C([O-])c1nc2c(s1)c1cnn(Cc3cccc(OC)c3)c(=O)c1n2C. The van der Waals surface area contributed by atoms with E-state index in [9.17, 15) is 9.90 Å². The highest BCUT2D eigenvalue weighted by atomic mass is 32.1. The highest BCUT2D eigenvalue weighted by Gasteiger charge is 2.18. The Bertz CT molecular complexity index is 1250. The molecule has 0 amide bonds. The molecule has 8 nitrogen and oxygen atoms in total. The van der Waals surface area contributed by atoms with E-state index < -0.39 is 0 Å². The number of rotatable bonds is 4. The summed E-state index contributed by atoms with van der Waals surface area (Å²) in [6.07, 6.45) is 1.65. The second kappa shape index (κ2) is 6.51. The van der Waals surface area contributed by atoms with Gasteiger partial charge in [-0.15, -0.1) is 11.3 Å². The van der Waals surface area contributed by atoms with Gasteiger partial charge >= 0.3 is 0 Å². The highest BCUT2D eigenvalue weighted by molar-refractivity contribution is 7.21. The first-order valence-corrected chi connectivity index (χ1v) is 8.97. The lowest BCUT2D eigenvalue weighted by atomic mass is 10.2. The lowest BCUT2D eigenvalue weighted by Crippen LogP contribution is -2.24. The van der Waals surface area contributed by atoms with E-state index in [0.717, 1.165) is 16.0 Å². The fourth-order valence-electron chi connectivity index (χ4n) is 3.03. The van der Waals surface area contributed by atoms with Gasteiger partial charge in [0.15, 0.2) is 5.65 Å². The van der Waals surface area contributed by atoms with E-state index >= 15 is 0 Å². The topological polar surface area (TPSA) is 97.4 Å². The van der Waals surface area contributed by atoms with Gasteiger partial charge in [-0.3, -0.25) is 4.79 Å². The summed E-state index contributed by atoms with van der Waals surface area (Å²) in [5.74, 6) is 0.354. The molecule has 0 radical (unpaired) electrons. The van der Waals surface area contributed by atoms with Crippen LogP contribution >= 0.6 is 11.3 Å². The summed E-state index contributed by atoms with van der Waals surface area (Å²) in [6.45, 7) is 0.330. The summed E-state index contributed by atoms with van der Waals surface area (Å²) in [7, 11) is 4.80.